The monoisotopic (exact) mass is 384 g/mol. The van der Waals surface area contributed by atoms with E-state index in [-0.39, 0.29) is 6.42 Å². The van der Waals surface area contributed by atoms with Crippen molar-refractivity contribution in [2.24, 2.45) is 0 Å². The zero-order chi connectivity index (χ0) is 18.9. The van der Waals surface area contributed by atoms with Crippen molar-refractivity contribution in [3.63, 3.8) is 0 Å². The molecule has 8 heteroatoms. The van der Waals surface area contributed by atoms with Crippen LogP contribution in [0.1, 0.15) is 17.5 Å². The van der Waals surface area contributed by atoms with Crippen molar-refractivity contribution in [3.8, 4) is 0 Å². The van der Waals surface area contributed by atoms with Crippen molar-refractivity contribution in [1.82, 2.24) is 4.90 Å². The van der Waals surface area contributed by atoms with E-state index in [1.807, 2.05) is 0 Å². The van der Waals surface area contributed by atoms with Crippen LogP contribution in [0.25, 0.3) is 0 Å². The summed E-state index contributed by atoms with van der Waals surface area (Å²) >= 11 is 6.09. The maximum absolute atomic E-state index is 13.3. The molecule has 1 unspecified atom stereocenters. The molecule has 0 spiro atoms. The highest BCUT2D eigenvalue weighted by Crippen LogP contribution is 2.47. The molecule has 138 valence electrons. The van der Waals surface area contributed by atoms with E-state index in [1.165, 1.54) is 6.07 Å². The molecule has 1 aliphatic heterocycles. The predicted octanol–water partition coefficient (Wildman–Crippen LogP) is 4.38. The van der Waals surface area contributed by atoms with Crippen LogP contribution in [0.15, 0.2) is 48.5 Å². The van der Waals surface area contributed by atoms with Crippen LogP contribution < -0.4 is 5.32 Å². The van der Waals surface area contributed by atoms with Gasteiger partial charge >= 0.3 is 12.2 Å². The summed E-state index contributed by atoms with van der Waals surface area (Å²) < 4.78 is 39.8. The summed E-state index contributed by atoms with van der Waals surface area (Å²) in [6, 6.07) is 12.1. The predicted molar refractivity (Wildman–Crippen MR) is 92.2 cm³/mol. The molecule has 1 atom stereocenters. The summed E-state index contributed by atoms with van der Waals surface area (Å²) in [5, 5.41) is 12.5. The highest BCUT2D eigenvalue weighted by molar-refractivity contribution is 6.30. The Kier molecular flexibility index (Phi) is 4.86. The second-order valence-corrected chi connectivity index (χ2v) is 6.46. The fourth-order valence-electron chi connectivity index (χ4n) is 3.46. The number of rotatable bonds is 4. The number of carbonyl (C=O) groups excluding carboxylic acids is 1. The summed E-state index contributed by atoms with van der Waals surface area (Å²) in [6.07, 6.45) is -4.71. The molecule has 2 aromatic rings. The van der Waals surface area contributed by atoms with Crippen molar-refractivity contribution in [2.75, 3.05) is 18.5 Å². The lowest BCUT2D eigenvalue weighted by molar-refractivity contribution is -0.149. The van der Waals surface area contributed by atoms with E-state index in [9.17, 15) is 23.1 Å². The van der Waals surface area contributed by atoms with Crippen LogP contribution in [0.4, 0.5) is 23.7 Å². The van der Waals surface area contributed by atoms with Gasteiger partial charge in [-0.1, -0.05) is 41.9 Å². The van der Waals surface area contributed by atoms with Crippen LogP contribution >= 0.6 is 11.6 Å². The Morgan fingerprint density at radius 2 is 1.85 bits per heavy atom. The van der Waals surface area contributed by atoms with Gasteiger partial charge in [-0.15, -0.1) is 0 Å². The molecule has 0 saturated heterocycles. The minimum Gasteiger partial charge on any atom is -0.396 e. The number of aliphatic hydroxyl groups excluding tert-OH is 1. The summed E-state index contributed by atoms with van der Waals surface area (Å²) in [5.41, 5.74) is -0.241. The summed E-state index contributed by atoms with van der Waals surface area (Å²) in [7, 11) is 0. The molecule has 0 aliphatic carbocycles. The number of nitrogens with zero attached hydrogens (tertiary/aromatic N) is 1. The van der Waals surface area contributed by atoms with Crippen LogP contribution in [-0.4, -0.2) is 35.4 Å². The Bertz CT molecular complexity index is 814. The number of amides is 2. The van der Waals surface area contributed by atoms with Crippen molar-refractivity contribution >= 4 is 23.3 Å². The molecule has 0 radical (unpaired) electrons. The first-order chi connectivity index (χ1) is 12.3. The molecule has 1 aliphatic rings. The number of urea groups is 1. The van der Waals surface area contributed by atoms with Crippen LogP contribution in [0.2, 0.25) is 5.02 Å². The number of fused-ring (bicyclic) bond motifs is 1. The van der Waals surface area contributed by atoms with Gasteiger partial charge < -0.3 is 15.3 Å². The Morgan fingerprint density at radius 1 is 1.15 bits per heavy atom. The lowest BCUT2D eigenvalue weighted by Gasteiger charge is -2.48. The van der Waals surface area contributed by atoms with E-state index >= 15 is 0 Å². The number of aliphatic hydroxyl groups is 1. The first-order valence-corrected chi connectivity index (χ1v) is 8.27. The molecule has 2 N–H and O–H groups in total. The van der Waals surface area contributed by atoms with Crippen LogP contribution in [0.3, 0.4) is 0 Å². The van der Waals surface area contributed by atoms with Crippen LogP contribution in [-0.2, 0) is 5.54 Å². The number of anilines is 1. The van der Waals surface area contributed by atoms with Gasteiger partial charge in [-0.25, -0.2) is 4.79 Å². The number of hydrogen-bond acceptors (Lipinski definition) is 2. The molecular weight excluding hydrogens is 369 g/mol. The second kappa shape index (κ2) is 6.81. The van der Waals surface area contributed by atoms with Crippen molar-refractivity contribution < 1.29 is 23.1 Å². The van der Waals surface area contributed by atoms with E-state index in [2.05, 4.69) is 5.32 Å². The van der Waals surface area contributed by atoms with E-state index in [1.54, 1.807) is 42.5 Å². The topological polar surface area (TPSA) is 52.6 Å². The van der Waals surface area contributed by atoms with Crippen LogP contribution in [0, 0.1) is 0 Å². The second-order valence-electron chi connectivity index (χ2n) is 6.02. The third-order valence-electron chi connectivity index (χ3n) is 4.44. The largest absolute Gasteiger partial charge is 0.406 e. The third kappa shape index (κ3) is 3.24. The average molecular weight is 385 g/mol. The molecule has 26 heavy (non-hydrogen) atoms. The number of halogens is 4. The summed E-state index contributed by atoms with van der Waals surface area (Å²) in [6.45, 7) is -1.87. The first-order valence-electron chi connectivity index (χ1n) is 7.90. The highest BCUT2D eigenvalue weighted by atomic mass is 35.5. The minimum absolute atomic E-state index is 0.103. The van der Waals surface area contributed by atoms with Gasteiger partial charge in [-0.3, -0.25) is 0 Å². The Hall–Kier alpha value is -2.25. The van der Waals surface area contributed by atoms with E-state index in [4.69, 9.17) is 11.6 Å². The van der Waals surface area contributed by atoms with Gasteiger partial charge in [0.25, 0.3) is 0 Å². The lowest BCUT2D eigenvalue weighted by atomic mass is 9.76. The molecular formula is C18H16ClF3N2O2. The highest BCUT2D eigenvalue weighted by Gasteiger charge is 2.51. The molecule has 1 heterocycles. The molecule has 2 amide bonds. The molecule has 3 rings (SSSR count). The van der Waals surface area contributed by atoms with Crippen molar-refractivity contribution in [3.05, 3.63) is 64.7 Å². The number of carbonyl (C=O) groups is 1. The maximum atomic E-state index is 13.3. The zero-order valence-electron chi connectivity index (χ0n) is 13.6. The van der Waals surface area contributed by atoms with Gasteiger partial charge in [-0.2, -0.15) is 13.2 Å². The average Bonchev–Trinajstić information content (AvgIpc) is 2.58. The maximum Gasteiger partial charge on any atom is 0.406 e. The Balaban J connectivity index is 2.31. The molecule has 0 fully saturated rings. The van der Waals surface area contributed by atoms with E-state index in [0.717, 1.165) is 4.90 Å². The van der Waals surface area contributed by atoms with Gasteiger partial charge in [0.15, 0.2) is 0 Å². The van der Waals surface area contributed by atoms with E-state index < -0.39 is 30.9 Å². The molecule has 2 aromatic carbocycles. The molecule has 0 bridgehead atoms. The van der Waals surface area contributed by atoms with Gasteiger partial charge in [0.1, 0.15) is 6.54 Å². The fraction of sp³-hybridized carbons (Fsp3) is 0.278. The standard InChI is InChI=1S/C18H16ClF3N2O2/c19-13-6-7-15-14(10-13)17(8-9-25,12-4-2-1-3-5-12)24(16(26)23-15)11-18(20,21)22/h1-7,10,25H,8-9,11H2,(H,23,26). The molecule has 4 nitrogen and oxygen atoms in total. The molecule has 0 saturated carbocycles. The fourth-order valence-corrected chi connectivity index (χ4v) is 3.63. The van der Waals surface area contributed by atoms with Gasteiger partial charge in [0.2, 0.25) is 0 Å². The normalized spacial score (nSPS) is 19.9. The zero-order valence-corrected chi connectivity index (χ0v) is 14.3. The van der Waals surface area contributed by atoms with Crippen molar-refractivity contribution in [2.45, 2.75) is 18.1 Å². The van der Waals surface area contributed by atoms with Crippen molar-refractivity contribution in [1.29, 1.82) is 0 Å². The number of benzene rings is 2. The molecule has 0 aromatic heterocycles. The van der Waals surface area contributed by atoms with Crippen LogP contribution in [0.5, 0.6) is 0 Å². The smallest absolute Gasteiger partial charge is 0.396 e. The first kappa shape index (κ1) is 18.5. The lowest BCUT2D eigenvalue weighted by Crippen LogP contribution is -2.58. The minimum atomic E-state index is -4.61. The summed E-state index contributed by atoms with van der Waals surface area (Å²) in [5.74, 6) is 0. The Morgan fingerprint density at radius 3 is 2.46 bits per heavy atom. The van der Waals surface area contributed by atoms with Gasteiger partial charge in [-0.05, 0) is 23.8 Å². The number of hydrogen-bond donors (Lipinski definition) is 2. The third-order valence-corrected chi connectivity index (χ3v) is 4.67. The van der Waals surface area contributed by atoms with E-state index in [0.29, 0.717) is 21.8 Å². The SMILES string of the molecule is O=C1Nc2ccc(Cl)cc2C(CCO)(c2ccccc2)N1CC(F)(F)F. The number of nitrogens with one attached hydrogen (secondary N) is 1. The summed E-state index contributed by atoms with van der Waals surface area (Å²) in [4.78, 5) is 13.3. The van der Waals surface area contributed by atoms with Gasteiger partial charge in [0.05, 0.1) is 5.54 Å². The van der Waals surface area contributed by atoms with Gasteiger partial charge in [0, 0.05) is 29.3 Å². The number of alkyl halides is 3. The Labute approximate surface area is 153 Å². The quantitative estimate of drug-likeness (QED) is 0.822.